The highest BCUT2D eigenvalue weighted by atomic mass is 16.5. The molecule has 0 spiro atoms. The van der Waals surface area contributed by atoms with Gasteiger partial charge in [-0.25, -0.2) is 0 Å². The number of fused-ring (bicyclic) bond motifs is 1. The lowest BCUT2D eigenvalue weighted by Gasteiger charge is -2.02. The first-order valence-electron chi connectivity index (χ1n) is 5.68. The first kappa shape index (κ1) is 10.6. The van der Waals surface area contributed by atoms with Gasteiger partial charge < -0.3 is 9.09 Å². The van der Waals surface area contributed by atoms with Crippen LogP contribution in [0.5, 0.6) is 0 Å². The van der Waals surface area contributed by atoms with E-state index in [1.165, 1.54) is 0 Å². The van der Waals surface area contributed by atoms with Crippen LogP contribution in [0.15, 0.2) is 41.1 Å². The van der Waals surface area contributed by atoms with Crippen molar-refractivity contribution in [3.63, 3.8) is 0 Å². The molecule has 0 atom stereocenters. The molecule has 0 fully saturated rings. The van der Waals surface area contributed by atoms with Gasteiger partial charge in [-0.15, -0.1) is 0 Å². The lowest BCUT2D eigenvalue weighted by Crippen LogP contribution is -1.96. The Morgan fingerprint density at radius 3 is 3.00 bits per heavy atom. The van der Waals surface area contributed by atoms with Crippen molar-refractivity contribution < 1.29 is 4.52 Å². The highest BCUT2D eigenvalue weighted by Crippen LogP contribution is 2.20. The lowest BCUT2D eigenvalue weighted by atomic mass is 10.1. The van der Waals surface area contributed by atoms with Gasteiger partial charge >= 0.3 is 0 Å². The molecule has 0 aliphatic carbocycles. The molecule has 4 nitrogen and oxygen atoms in total. The Labute approximate surface area is 104 Å². The molecule has 0 saturated heterocycles. The van der Waals surface area contributed by atoms with Gasteiger partial charge in [0.15, 0.2) is 5.76 Å². The summed E-state index contributed by atoms with van der Waals surface area (Å²) in [5, 5.41) is 13.9. The lowest BCUT2D eigenvalue weighted by molar-refractivity contribution is 0.374. The molecule has 18 heavy (non-hydrogen) atoms. The van der Waals surface area contributed by atoms with Crippen LogP contribution < -0.4 is 0 Å². The van der Waals surface area contributed by atoms with E-state index < -0.39 is 0 Å². The summed E-state index contributed by atoms with van der Waals surface area (Å²) in [6.45, 7) is 2.52. The molecule has 0 unspecified atom stereocenters. The minimum absolute atomic E-state index is 0.624. The first-order valence-corrected chi connectivity index (χ1v) is 5.68. The van der Waals surface area contributed by atoms with Crippen molar-refractivity contribution >= 4 is 10.9 Å². The topological polar surface area (TPSA) is 54.8 Å². The second kappa shape index (κ2) is 4.04. The molecule has 0 aliphatic rings. The van der Waals surface area contributed by atoms with Crippen LogP contribution in [-0.4, -0.2) is 9.72 Å². The minimum Gasteiger partial charge on any atom is -0.359 e. The van der Waals surface area contributed by atoms with E-state index in [1.807, 2.05) is 43.5 Å². The summed E-state index contributed by atoms with van der Waals surface area (Å²) in [6, 6.07) is 11.8. The van der Waals surface area contributed by atoms with Crippen molar-refractivity contribution in [2.45, 2.75) is 13.5 Å². The predicted octanol–water partition coefficient (Wildman–Crippen LogP) is 2.86. The summed E-state index contributed by atoms with van der Waals surface area (Å²) in [6.07, 6.45) is 1.96. The third kappa shape index (κ3) is 1.66. The molecule has 2 heterocycles. The second-order valence-electron chi connectivity index (χ2n) is 4.23. The summed E-state index contributed by atoms with van der Waals surface area (Å²) in [7, 11) is 0. The van der Waals surface area contributed by atoms with Crippen LogP contribution in [0.25, 0.3) is 10.9 Å². The van der Waals surface area contributed by atoms with Gasteiger partial charge in [0.2, 0.25) is 0 Å². The van der Waals surface area contributed by atoms with Crippen molar-refractivity contribution in [3.8, 4) is 6.07 Å². The maximum absolute atomic E-state index is 9.05. The van der Waals surface area contributed by atoms with Gasteiger partial charge in [0.1, 0.15) is 0 Å². The van der Waals surface area contributed by atoms with Gasteiger partial charge in [0.25, 0.3) is 0 Å². The molecular weight excluding hydrogens is 226 g/mol. The van der Waals surface area contributed by atoms with E-state index in [0.717, 1.165) is 22.4 Å². The number of hydrogen-bond acceptors (Lipinski definition) is 3. The third-order valence-electron chi connectivity index (χ3n) is 2.94. The molecule has 88 valence electrons. The van der Waals surface area contributed by atoms with Crippen molar-refractivity contribution in [2.75, 3.05) is 0 Å². The van der Waals surface area contributed by atoms with Crippen molar-refractivity contribution in [2.24, 2.45) is 0 Å². The number of aromatic nitrogens is 2. The number of nitriles is 1. The van der Waals surface area contributed by atoms with Gasteiger partial charge in [0.05, 0.1) is 23.9 Å². The predicted molar refractivity (Wildman–Crippen MR) is 67.0 cm³/mol. The SMILES string of the molecule is Cc1cc(Cn2ccc3c(C#N)cccc32)on1. The first-order chi connectivity index (χ1) is 8.78. The number of hydrogen-bond donors (Lipinski definition) is 0. The maximum atomic E-state index is 9.05. The van der Waals surface area contributed by atoms with Crippen molar-refractivity contribution in [3.05, 3.63) is 53.5 Å². The number of benzene rings is 1. The van der Waals surface area contributed by atoms with Gasteiger partial charge in [0, 0.05) is 23.2 Å². The summed E-state index contributed by atoms with van der Waals surface area (Å²) < 4.78 is 7.26. The zero-order chi connectivity index (χ0) is 12.5. The molecule has 3 aromatic rings. The Balaban J connectivity index is 2.06. The van der Waals surface area contributed by atoms with E-state index in [-0.39, 0.29) is 0 Å². The van der Waals surface area contributed by atoms with Gasteiger partial charge in [-0.2, -0.15) is 5.26 Å². The zero-order valence-electron chi connectivity index (χ0n) is 9.92. The standard InChI is InChI=1S/C14H11N3O/c1-10-7-12(18-16-10)9-17-6-5-13-11(8-15)3-2-4-14(13)17/h2-7H,9H2,1H3. The average molecular weight is 237 g/mol. The Kier molecular flexibility index (Phi) is 2.38. The third-order valence-corrected chi connectivity index (χ3v) is 2.94. The van der Waals surface area contributed by atoms with E-state index in [0.29, 0.717) is 12.1 Å². The van der Waals surface area contributed by atoms with Crippen molar-refractivity contribution in [1.82, 2.24) is 9.72 Å². The quantitative estimate of drug-likeness (QED) is 0.688. The number of rotatable bonds is 2. The van der Waals surface area contributed by atoms with Crippen molar-refractivity contribution in [1.29, 1.82) is 5.26 Å². The molecule has 3 rings (SSSR count). The van der Waals surface area contributed by atoms with E-state index in [1.54, 1.807) is 0 Å². The summed E-state index contributed by atoms with van der Waals surface area (Å²) in [4.78, 5) is 0. The minimum atomic E-state index is 0.624. The molecule has 1 aromatic carbocycles. The van der Waals surface area contributed by atoms with Crippen LogP contribution >= 0.6 is 0 Å². The highest BCUT2D eigenvalue weighted by Gasteiger charge is 2.07. The molecule has 0 N–H and O–H groups in total. The Morgan fingerprint density at radius 2 is 2.28 bits per heavy atom. The van der Waals surface area contributed by atoms with Crippen LogP contribution in [0.4, 0.5) is 0 Å². The smallest absolute Gasteiger partial charge is 0.156 e. The molecule has 0 radical (unpaired) electrons. The molecular formula is C14H11N3O. The Morgan fingerprint density at radius 1 is 1.39 bits per heavy atom. The van der Waals surface area contributed by atoms with Crippen LogP contribution in [0.1, 0.15) is 17.0 Å². The Bertz CT molecular complexity index is 746. The normalized spacial score (nSPS) is 10.7. The van der Waals surface area contributed by atoms with Crippen LogP contribution in [0, 0.1) is 18.3 Å². The van der Waals surface area contributed by atoms with E-state index in [9.17, 15) is 0 Å². The van der Waals surface area contributed by atoms with Crippen LogP contribution in [0.2, 0.25) is 0 Å². The highest BCUT2D eigenvalue weighted by molar-refractivity contribution is 5.86. The second-order valence-corrected chi connectivity index (χ2v) is 4.23. The Hall–Kier alpha value is -2.54. The van der Waals surface area contributed by atoms with E-state index in [2.05, 4.69) is 15.8 Å². The van der Waals surface area contributed by atoms with Crippen LogP contribution in [-0.2, 0) is 6.54 Å². The van der Waals surface area contributed by atoms with Gasteiger partial charge in [-0.1, -0.05) is 11.2 Å². The fraction of sp³-hybridized carbons (Fsp3) is 0.143. The average Bonchev–Trinajstić information content (AvgIpc) is 2.97. The maximum Gasteiger partial charge on any atom is 0.156 e. The summed E-state index contributed by atoms with van der Waals surface area (Å²) in [5.74, 6) is 0.812. The molecule has 0 saturated carbocycles. The van der Waals surface area contributed by atoms with Gasteiger partial charge in [-0.3, -0.25) is 0 Å². The van der Waals surface area contributed by atoms with E-state index >= 15 is 0 Å². The fourth-order valence-electron chi connectivity index (χ4n) is 2.12. The molecule has 2 aromatic heterocycles. The molecule has 4 heteroatoms. The monoisotopic (exact) mass is 237 g/mol. The summed E-state index contributed by atoms with van der Waals surface area (Å²) in [5.41, 5.74) is 2.60. The van der Waals surface area contributed by atoms with Gasteiger partial charge in [-0.05, 0) is 25.1 Å². The number of nitrogens with zero attached hydrogens (tertiary/aromatic N) is 3. The fourth-order valence-corrected chi connectivity index (χ4v) is 2.12. The largest absolute Gasteiger partial charge is 0.359 e. The van der Waals surface area contributed by atoms with Crippen LogP contribution in [0.3, 0.4) is 0 Å². The summed E-state index contributed by atoms with van der Waals surface area (Å²) >= 11 is 0. The molecule has 0 bridgehead atoms. The van der Waals surface area contributed by atoms with E-state index in [4.69, 9.17) is 9.78 Å². The zero-order valence-corrected chi connectivity index (χ0v) is 9.92. The molecule has 0 amide bonds. The molecule has 0 aliphatic heterocycles. The number of aryl methyl sites for hydroxylation is 1.